The minimum Gasteiger partial charge on any atom is -0.421 e. The summed E-state index contributed by atoms with van der Waals surface area (Å²) in [4.78, 5) is 27.8. The topological polar surface area (TPSA) is 80.0 Å². The van der Waals surface area contributed by atoms with Gasteiger partial charge >= 0.3 is 5.97 Å². The number of esters is 1. The van der Waals surface area contributed by atoms with E-state index in [1.54, 1.807) is 19.9 Å². The van der Waals surface area contributed by atoms with E-state index in [9.17, 15) is 14.9 Å². The highest BCUT2D eigenvalue weighted by molar-refractivity contribution is 6.00. The molecule has 0 spiro atoms. The number of carbonyl (C=O) groups is 2. The smallest absolute Gasteiger partial charge is 0.343 e. The van der Waals surface area contributed by atoms with Crippen LogP contribution < -0.4 is 4.74 Å². The molecule has 0 radical (unpaired) electrons. The Morgan fingerprint density at radius 2 is 1.86 bits per heavy atom. The van der Waals surface area contributed by atoms with Crippen LogP contribution in [0, 0.1) is 25.2 Å². The Morgan fingerprint density at radius 1 is 1.23 bits per heavy atom. The van der Waals surface area contributed by atoms with E-state index in [0.717, 1.165) is 5.56 Å². The van der Waals surface area contributed by atoms with Crippen molar-refractivity contribution in [3.8, 4) is 11.8 Å². The van der Waals surface area contributed by atoms with Crippen molar-refractivity contribution in [1.29, 1.82) is 5.26 Å². The van der Waals surface area contributed by atoms with E-state index < -0.39 is 5.97 Å². The van der Waals surface area contributed by atoms with Crippen molar-refractivity contribution >= 4 is 11.8 Å². The number of hydrogen-bond donors (Lipinski definition) is 0. The van der Waals surface area contributed by atoms with Gasteiger partial charge < -0.3 is 4.74 Å². The lowest BCUT2D eigenvalue weighted by Crippen LogP contribution is -2.13. The summed E-state index contributed by atoms with van der Waals surface area (Å²) in [5.41, 5.74) is 2.21. The molecule has 2 rings (SSSR count). The summed E-state index contributed by atoms with van der Waals surface area (Å²) in [5.74, 6) is -0.887. The molecule has 5 nitrogen and oxygen atoms in total. The van der Waals surface area contributed by atoms with Crippen LogP contribution >= 0.6 is 0 Å². The normalized spacial score (nSPS) is 9.91. The molecule has 0 saturated heterocycles. The molecule has 0 fully saturated rings. The highest BCUT2D eigenvalue weighted by atomic mass is 16.5. The molecule has 110 valence electrons. The summed E-state index contributed by atoms with van der Waals surface area (Å²) in [6.45, 7) is 4.92. The van der Waals surface area contributed by atoms with Crippen molar-refractivity contribution < 1.29 is 14.3 Å². The Hall–Kier alpha value is -3.00. The summed E-state index contributed by atoms with van der Waals surface area (Å²) in [6, 6.07) is 6.65. The monoisotopic (exact) mass is 294 g/mol. The van der Waals surface area contributed by atoms with Crippen molar-refractivity contribution in [2.45, 2.75) is 20.8 Å². The molecule has 0 atom stereocenters. The van der Waals surface area contributed by atoms with Crippen LogP contribution in [0.1, 0.15) is 44.3 Å². The minimum absolute atomic E-state index is 0.0138. The van der Waals surface area contributed by atoms with Gasteiger partial charge in [-0.25, -0.2) is 4.79 Å². The molecular weight excluding hydrogens is 280 g/mol. The molecule has 0 aliphatic carbocycles. The zero-order valence-corrected chi connectivity index (χ0v) is 12.5. The van der Waals surface area contributed by atoms with E-state index in [0.29, 0.717) is 11.1 Å². The van der Waals surface area contributed by atoms with E-state index in [1.807, 2.05) is 6.07 Å². The lowest BCUT2D eigenvalue weighted by molar-refractivity contribution is 0.0732. The number of hydrogen-bond acceptors (Lipinski definition) is 5. The highest BCUT2D eigenvalue weighted by Crippen LogP contribution is 2.30. The van der Waals surface area contributed by atoms with Crippen LogP contribution in [0.4, 0.5) is 0 Å². The summed E-state index contributed by atoms with van der Waals surface area (Å²) >= 11 is 0. The molecule has 0 aliphatic heterocycles. The zero-order valence-electron chi connectivity index (χ0n) is 12.5. The fraction of sp³-hybridized carbons (Fsp3) is 0.176. The van der Waals surface area contributed by atoms with Crippen LogP contribution in [0.3, 0.4) is 0 Å². The van der Waals surface area contributed by atoms with Gasteiger partial charge in [0.1, 0.15) is 6.07 Å². The number of ketones is 1. The SMILES string of the molecule is CC(=O)c1cc(C)c(C)c(C#N)c1OC(=O)c1ccncc1. The molecule has 0 aliphatic rings. The van der Waals surface area contributed by atoms with E-state index in [1.165, 1.54) is 31.5 Å². The third-order valence-corrected chi connectivity index (χ3v) is 3.40. The summed E-state index contributed by atoms with van der Waals surface area (Å²) in [5, 5.41) is 9.35. The second-order valence-corrected chi connectivity index (χ2v) is 4.86. The number of aromatic nitrogens is 1. The maximum absolute atomic E-state index is 12.2. The van der Waals surface area contributed by atoms with Crippen molar-refractivity contribution in [3.05, 3.63) is 58.4 Å². The van der Waals surface area contributed by atoms with Gasteiger partial charge in [-0.15, -0.1) is 0 Å². The van der Waals surface area contributed by atoms with E-state index >= 15 is 0 Å². The fourth-order valence-corrected chi connectivity index (χ4v) is 2.03. The molecule has 1 aromatic heterocycles. The minimum atomic E-state index is -0.635. The van der Waals surface area contributed by atoms with Crippen LogP contribution in [0.25, 0.3) is 0 Å². The molecule has 5 heteroatoms. The number of benzene rings is 1. The molecular formula is C17H14N2O3. The van der Waals surface area contributed by atoms with Crippen molar-refractivity contribution in [2.24, 2.45) is 0 Å². The summed E-state index contributed by atoms with van der Waals surface area (Å²) < 4.78 is 5.34. The predicted molar refractivity (Wildman–Crippen MR) is 79.8 cm³/mol. The number of carbonyl (C=O) groups excluding carboxylic acids is 2. The lowest BCUT2D eigenvalue weighted by Gasteiger charge is -2.14. The standard InChI is InChI=1S/C17H14N2O3/c1-10-8-14(12(3)20)16(15(9-18)11(10)2)22-17(21)13-4-6-19-7-5-13/h4-8H,1-3H3. The Balaban J connectivity index is 2.55. The number of aryl methyl sites for hydroxylation is 1. The first-order chi connectivity index (χ1) is 10.5. The molecule has 0 amide bonds. The number of Topliss-reactive ketones (excluding diaryl/α,β-unsaturated/α-hetero) is 1. The maximum Gasteiger partial charge on any atom is 0.343 e. The van der Waals surface area contributed by atoms with Crippen LogP contribution in [0.5, 0.6) is 5.75 Å². The molecule has 0 saturated carbocycles. The van der Waals surface area contributed by atoms with E-state index in [4.69, 9.17) is 4.74 Å². The third-order valence-electron chi connectivity index (χ3n) is 3.40. The highest BCUT2D eigenvalue weighted by Gasteiger charge is 2.21. The van der Waals surface area contributed by atoms with Gasteiger partial charge in [-0.1, -0.05) is 0 Å². The first-order valence-corrected chi connectivity index (χ1v) is 6.63. The van der Waals surface area contributed by atoms with Crippen molar-refractivity contribution in [1.82, 2.24) is 4.98 Å². The quantitative estimate of drug-likeness (QED) is 0.494. The Kier molecular flexibility index (Phi) is 4.33. The predicted octanol–water partition coefficient (Wildman–Crippen LogP) is 2.99. The van der Waals surface area contributed by atoms with E-state index in [2.05, 4.69) is 4.98 Å². The van der Waals surface area contributed by atoms with Crippen molar-refractivity contribution in [3.63, 3.8) is 0 Å². The molecule has 0 unspecified atom stereocenters. The fourth-order valence-electron chi connectivity index (χ4n) is 2.03. The lowest BCUT2D eigenvalue weighted by atomic mass is 9.97. The molecule has 2 aromatic rings. The third kappa shape index (κ3) is 2.86. The van der Waals surface area contributed by atoms with Gasteiger partial charge in [-0.3, -0.25) is 9.78 Å². The number of nitriles is 1. The van der Waals surface area contributed by atoms with Gasteiger partial charge in [0.25, 0.3) is 0 Å². The Labute approximate surface area is 128 Å². The van der Waals surface area contributed by atoms with Gasteiger partial charge in [0.2, 0.25) is 0 Å². The molecule has 1 aromatic carbocycles. The summed E-state index contributed by atoms with van der Waals surface area (Å²) in [6.07, 6.45) is 2.93. The van der Waals surface area contributed by atoms with Gasteiger partial charge in [-0.2, -0.15) is 5.26 Å². The van der Waals surface area contributed by atoms with E-state index in [-0.39, 0.29) is 22.7 Å². The van der Waals surface area contributed by atoms with Gasteiger partial charge in [0, 0.05) is 12.4 Å². The average molecular weight is 294 g/mol. The van der Waals surface area contributed by atoms with Gasteiger partial charge in [0.05, 0.1) is 16.7 Å². The molecule has 1 heterocycles. The first kappa shape index (κ1) is 15.4. The van der Waals surface area contributed by atoms with Crippen LogP contribution in [0.2, 0.25) is 0 Å². The second kappa shape index (κ2) is 6.19. The number of nitrogens with zero attached hydrogens (tertiary/aromatic N) is 2. The van der Waals surface area contributed by atoms with Crippen LogP contribution in [-0.4, -0.2) is 16.7 Å². The number of ether oxygens (including phenoxy) is 1. The Bertz CT molecular complexity index is 790. The number of rotatable bonds is 3. The van der Waals surface area contributed by atoms with Gasteiger partial charge in [0.15, 0.2) is 11.5 Å². The number of pyridine rings is 1. The van der Waals surface area contributed by atoms with Gasteiger partial charge in [-0.05, 0) is 50.1 Å². The zero-order chi connectivity index (χ0) is 16.3. The average Bonchev–Trinajstić information content (AvgIpc) is 2.51. The largest absolute Gasteiger partial charge is 0.421 e. The van der Waals surface area contributed by atoms with Crippen LogP contribution in [-0.2, 0) is 0 Å². The first-order valence-electron chi connectivity index (χ1n) is 6.63. The summed E-state index contributed by atoms with van der Waals surface area (Å²) in [7, 11) is 0. The molecule has 0 N–H and O–H groups in total. The Morgan fingerprint density at radius 3 is 2.41 bits per heavy atom. The molecule has 22 heavy (non-hydrogen) atoms. The van der Waals surface area contributed by atoms with Crippen LogP contribution in [0.15, 0.2) is 30.6 Å². The molecule has 0 bridgehead atoms. The second-order valence-electron chi connectivity index (χ2n) is 4.86. The van der Waals surface area contributed by atoms with Crippen molar-refractivity contribution in [2.75, 3.05) is 0 Å². The maximum atomic E-state index is 12.2.